The molecule has 0 saturated carbocycles. The topological polar surface area (TPSA) is 52.6 Å². The van der Waals surface area contributed by atoms with Crippen molar-refractivity contribution in [1.29, 1.82) is 0 Å². The molecular formula is C19H24N2O2. The minimum absolute atomic E-state index is 0.00783. The molecule has 1 amide bonds. The van der Waals surface area contributed by atoms with E-state index in [0.29, 0.717) is 13.1 Å². The highest BCUT2D eigenvalue weighted by Gasteiger charge is 2.16. The SMILES string of the molecule is CC(=O)N(CC(C)NCC(O)c1ccccc1)c1ccccc1. The summed E-state index contributed by atoms with van der Waals surface area (Å²) in [6.45, 7) is 4.59. The molecule has 0 spiro atoms. The maximum Gasteiger partial charge on any atom is 0.223 e. The number of hydrogen-bond acceptors (Lipinski definition) is 3. The number of anilines is 1. The third-order valence-electron chi connectivity index (χ3n) is 3.75. The maximum atomic E-state index is 11.9. The Morgan fingerprint density at radius 1 is 1.09 bits per heavy atom. The zero-order chi connectivity index (χ0) is 16.7. The van der Waals surface area contributed by atoms with Crippen LogP contribution in [0.2, 0.25) is 0 Å². The second-order valence-electron chi connectivity index (χ2n) is 5.70. The molecular weight excluding hydrogens is 288 g/mol. The number of benzene rings is 2. The maximum absolute atomic E-state index is 11.9. The molecule has 0 radical (unpaired) electrons. The Bertz CT molecular complexity index is 601. The van der Waals surface area contributed by atoms with Gasteiger partial charge in [-0.05, 0) is 24.6 Å². The molecule has 2 aromatic carbocycles. The highest BCUT2D eigenvalue weighted by Crippen LogP contribution is 2.14. The molecule has 0 fully saturated rings. The zero-order valence-electron chi connectivity index (χ0n) is 13.6. The summed E-state index contributed by atoms with van der Waals surface area (Å²) in [5.74, 6) is 0.00783. The largest absolute Gasteiger partial charge is 0.387 e. The number of para-hydroxylation sites is 1. The van der Waals surface area contributed by atoms with Gasteiger partial charge in [-0.25, -0.2) is 0 Å². The molecule has 23 heavy (non-hydrogen) atoms. The lowest BCUT2D eigenvalue weighted by atomic mass is 10.1. The van der Waals surface area contributed by atoms with Crippen molar-refractivity contribution < 1.29 is 9.90 Å². The third kappa shape index (κ3) is 5.20. The number of aliphatic hydroxyl groups excluding tert-OH is 1. The molecule has 2 unspecified atom stereocenters. The minimum atomic E-state index is -0.554. The average molecular weight is 312 g/mol. The van der Waals surface area contributed by atoms with Crippen molar-refractivity contribution in [2.45, 2.75) is 26.0 Å². The van der Waals surface area contributed by atoms with Gasteiger partial charge in [0.25, 0.3) is 0 Å². The predicted molar refractivity (Wildman–Crippen MR) is 93.3 cm³/mol. The number of hydrogen-bond donors (Lipinski definition) is 2. The summed E-state index contributed by atoms with van der Waals surface area (Å²) < 4.78 is 0. The van der Waals surface area contributed by atoms with Gasteiger partial charge in [-0.2, -0.15) is 0 Å². The van der Waals surface area contributed by atoms with E-state index in [4.69, 9.17) is 0 Å². The fourth-order valence-corrected chi connectivity index (χ4v) is 2.47. The zero-order valence-corrected chi connectivity index (χ0v) is 13.6. The molecule has 0 aromatic heterocycles. The van der Waals surface area contributed by atoms with Crippen molar-refractivity contribution in [2.24, 2.45) is 0 Å². The van der Waals surface area contributed by atoms with Crippen LogP contribution in [0, 0.1) is 0 Å². The van der Waals surface area contributed by atoms with Crippen LogP contribution in [0.1, 0.15) is 25.5 Å². The van der Waals surface area contributed by atoms with Crippen LogP contribution < -0.4 is 10.2 Å². The van der Waals surface area contributed by atoms with Crippen molar-refractivity contribution in [1.82, 2.24) is 5.32 Å². The van der Waals surface area contributed by atoms with E-state index < -0.39 is 6.10 Å². The van der Waals surface area contributed by atoms with Gasteiger partial charge in [0.1, 0.15) is 0 Å². The van der Waals surface area contributed by atoms with Crippen molar-refractivity contribution in [3.63, 3.8) is 0 Å². The van der Waals surface area contributed by atoms with E-state index in [1.165, 1.54) is 0 Å². The first-order chi connectivity index (χ1) is 11.1. The van der Waals surface area contributed by atoms with Crippen LogP contribution in [0.15, 0.2) is 60.7 Å². The number of nitrogens with one attached hydrogen (secondary N) is 1. The molecule has 2 atom stereocenters. The Morgan fingerprint density at radius 3 is 2.22 bits per heavy atom. The summed E-state index contributed by atoms with van der Waals surface area (Å²) in [7, 11) is 0. The third-order valence-corrected chi connectivity index (χ3v) is 3.75. The van der Waals surface area contributed by atoms with E-state index >= 15 is 0 Å². The number of aliphatic hydroxyl groups is 1. The number of carbonyl (C=O) groups is 1. The Kier molecular flexibility index (Phi) is 6.32. The van der Waals surface area contributed by atoms with Crippen molar-refractivity contribution >= 4 is 11.6 Å². The summed E-state index contributed by atoms with van der Waals surface area (Å²) in [4.78, 5) is 13.6. The van der Waals surface area contributed by atoms with E-state index in [1.54, 1.807) is 11.8 Å². The van der Waals surface area contributed by atoms with Gasteiger partial charge in [0.2, 0.25) is 5.91 Å². The minimum Gasteiger partial charge on any atom is -0.387 e. The number of carbonyl (C=O) groups excluding carboxylic acids is 1. The second kappa shape index (κ2) is 8.46. The van der Waals surface area contributed by atoms with Crippen LogP contribution in [0.25, 0.3) is 0 Å². The van der Waals surface area contributed by atoms with Crippen LogP contribution in [-0.2, 0) is 4.79 Å². The van der Waals surface area contributed by atoms with Crippen LogP contribution in [0.4, 0.5) is 5.69 Å². The lowest BCUT2D eigenvalue weighted by Crippen LogP contribution is -2.42. The van der Waals surface area contributed by atoms with Gasteiger partial charge in [0, 0.05) is 31.7 Å². The molecule has 0 bridgehead atoms. The Morgan fingerprint density at radius 2 is 1.65 bits per heavy atom. The van der Waals surface area contributed by atoms with E-state index in [9.17, 15) is 9.90 Å². The first-order valence-corrected chi connectivity index (χ1v) is 7.87. The lowest BCUT2D eigenvalue weighted by Gasteiger charge is -2.26. The van der Waals surface area contributed by atoms with Crippen LogP contribution in [0.3, 0.4) is 0 Å². The van der Waals surface area contributed by atoms with E-state index in [1.807, 2.05) is 67.6 Å². The molecule has 0 aliphatic carbocycles. The van der Waals surface area contributed by atoms with Crippen molar-refractivity contribution in [3.05, 3.63) is 66.2 Å². The van der Waals surface area contributed by atoms with Gasteiger partial charge >= 0.3 is 0 Å². The fourth-order valence-electron chi connectivity index (χ4n) is 2.47. The molecule has 0 heterocycles. The standard InChI is InChI=1S/C19H24N2O2/c1-15(20-13-19(23)17-9-5-3-6-10-17)14-21(16(2)22)18-11-7-4-8-12-18/h3-12,15,19-20,23H,13-14H2,1-2H3. The summed E-state index contributed by atoms with van der Waals surface area (Å²) >= 11 is 0. The molecule has 2 rings (SSSR count). The molecule has 2 N–H and O–H groups in total. The quantitative estimate of drug-likeness (QED) is 0.826. The Balaban J connectivity index is 1.90. The highest BCUT2D eigenvalue weighted by atomic mass is 16.3. The molecule has 2 aromatic rings. The van der Waals surface area contributed by atoms with Gasteiger partial charge in [-0.15, -0.1) is 0 Å². The van der Waals surface area contributed by atoms with Gasteiger partial charge in [-0.1, -0.05) is 48.5 Å². The fraction of sp³-hybridized carbons (Fsp3) is 0.316. The summed E-state index contributed by atoms with van der Waals surface area (Å²) in [5, 5.41) is 13.5. The van der Waals surface area contributed by atoms with Crippen LogP contribution >= 0.6 is 0 Å². The second-order valence-corrected chi connectivity index (χ2v) is 5.70. The van der Waals surface area contributed by atoms with Gasteiger partial charge in [0.15, 0.2) is 0 Å². The monoisotopic (exact) mass is 312 g/mol. The van der Waals surface area contributed by atoms with E-state index in [-0.39, 0.29) is 11.9 Å². The van der Waals surface area contributed by atoms with Gasteiger partial charge < -0.3 is 15.3 Å². The Labute approximate surface area is 137 Å². The summed E-state index contributed by atoms with van der Waals surface area (Å²) in [6, 6.07) is 19.2. The first-order valence-electron chi connectivity index (χ1n) is 7.87. The first kappa shape index (κ1) is 17.2. The van der Waals surface area contributed by atoms with Gasteiger partial charge in [0.05, 0.1) is 6.10 Å². The molecule has 0 saturated heterocycles. The van der Waals surface area contributed by atoms with E-state index in [0.717, 1.165) is 11.3 Å². The number of nitrogens with zero attached hydrogens (tertiary/aromatic N) is 1. The molecule has 0 aliphatic rings. The number of rotatable bonds is 7. The summed E-state index contributed by atoms with van der Waals surface area (Å²) in [6.07, 6.45) is -0.554. The van der Waals surface area contributed by atoms with Crippen LogP contribution in [-0.4, -0.2) is 30.1 Å². The smallest absolute Gasteiger partial charge is 0.223 e. The summed E-state index contributed by atoms with van der Waals surface area (Å²) in [5.41, 5.74) is 1.77. The predicted octanol–water partition coefficient (Wildman–Crippen LogP) is 2.75. The van der Waals surface area contributed by atoms with Crippen molar-refractivity contribution in [2.75, 3.05) is 18.0 Å². The van der Waals surface area contributed by atoms with Crippen LogP contribution in [0.5, 0.6) is 0 Å². The van der Waals surface area contributed by atoms with E-state index in [2.05, 4.69) is 5.32 Å². The lowest BCUT2D eigenvalue weighted by molar-refractivity contribution is -0.116. The molecule has 4 nitrogen and oxygen atoms in total. The normalized spacial score (nSPS) is 13.3. The van der Waals surface area contributed by atoms with Gasteiger partial charge in [-0.3, -0.25) is 4.79 Å². The van der Waals surface area contributed by atoms with Crippen molar-refractivity contribution in [3.8, 4) is 0 Å². The number of amides is 1. The average Bonchev–Trinajstić information content (AvgIpc) is 2.58. The molecule has 122 valence electrons. The molecule has 0 aliphatic heterocycles. The Hall–Kier alpha value is -2.17. The highest BCUT2D eigenvalue weighted by molar-refractivity contribution is 5.91. The molecule has 4 heteroatoms.